The summed E-state index contributed by atoms with van der Waals surface area (Å²) in [5.41, 5.74) is 1.97. The summed E-state index contributed by atoms with van der Waals surface area (Å²) in [4.78, 5) is 16.2. The van der Waals surface area contributed by atoms with Crippen LogP contribution >= 0.6 is 11.3 Å². The van der Waals surface area contributed by atoms with Crippen LogP contribution in [-0.2, 0) is 17.9 Å². The second kappa shape index (κ2) is 8.26. The molecule has 0 saturated carbocycles. The van der Waals surface area contributed by atoms with Crippen molar-refractivity contribution in [3.63, 3.8) is 0 Å². The van der Waals surface area contributed by atoms with Gasteiger partial charge in [0, 0.05) is 18.1 Å². The summed E-state index contributed by atoms with van der Waals surface area (Å²) < 4.78 is 5.78. The van der Waals surface area contributed by atoms with E-state index in [0.29, 0.717) is 13.2 Å². The Labute approximate surface area is 147 Å². The van der Waals surface area contributed by atoms with Crippen molar-refractivity contribution < 1.29 is 9.53 Å². The van der Waals surface area contributed by atoms with Crippen LogP contribution in [0.4, 0.5) is 4.79 Å². The van der Waals surface area contributed by atoms with Gasteiger partial charge in [0.05, 0.1) is 18.2 Å². The molecular weight excluding hydrogens is 322 g/mol. The Bertz CT molecular complexity index is 651. The molecule has 130 valence electrons. The monoisotopic (exact) mass is 347 g/mol. The second-order valence-electron chi connectivity index (χ2n) is 6.64. The van der Waals surface area contributed by atoms with E-state index in [-0.39, 0.29) is 17.7 Å². The summed E-state index contributed by atoms with van der Waals surface area (Å²) in [6.07, 6.45) is 1.74. The largest absolute Gasteiger partial charge is 0.371 e. The maximum absolute atomic E-state index is 12.0. The van der Waals surface area contributed by atoms with Crippen molar-refractivity contribution in [2.75, 3.05) is 0 Å². The third kappa shape index (κ3) is 6.29. The smallest absolute Gasteiger partial charge is 0.315 e. The molecule has 5 nitrogen and oxygen atoms in total. The van der Waals surface area contributed by atoms with E-state index in [1.165, 1.54) is 11.3 Å². The lowest BCUT2D eigenvalue weighted by Crippen LogP contribution is -2.36. The number of benzene rings is 1. The summed E-state index contributed by atoms with van der Waals surface area (Å²) in [7, 11) is 0. The molecule has 1 atom stereocenters. The number of urea groups is 1. The van der Waals surface area contributed by atoms with Crippen LogP contribution in [0.3, 0.4) is 0 Å². The lowest BCUT2D eigenvalue weighted by molar-refractivity contribution is -0.0149. The third-order valence-electron chi connectivity index (χ3n) is 3.29. The van der Waals surface area contributed by atoms with Crippen molar-refractivity contribution in [1.29, 1.82) is 0 Å². The number of hydrogen-bond acceptors (Lipinski definition) is 4. The maximum Gasteiger partial charge on any atom is 0.315 e. The lowest BCUT2D eigenvalue weighted by atomic mass is 10.1. The van der Waals surface area contributed by atoms with Gasteiger partial charge in [-0.25, -0.2) is 9.78 Å². The van der Waals surface area contributed by atoms with E-state index in [2.05, 4.69) is 21.7 Å². The first-order valence-corrected chi connectivity index (χ1v) is 8.87. The van der Waals surface area contributed by atoms with E-state index in [1.54, 1.807) is 6.20 Å². The van der Waals surface area contributed by atoms with Gasteiger partial charge in [-0.2, -0.15) is 0 Å². The molecular formula is C18H25N3O2S. The molecule has 2 amide bonds. The van der Waals surface area contributed by atoms with Crippen LogP contribution in [0.25, 0.3) is 0 Å². The van der Waals surface area contributed by atoms with Crippen LogP contribution in [0.5, 0.6) is 0 Å². The van der Waals surface area contributed by atoms with Crippen molar-refractivity contribution in [2.45, 2.75) is 52.5 Å². The van der Waals surface area contributed by atoms with Gasteiger partial charge in [-0.05, 0) is 38.8 Å². The summed E-state index contributed by atoms with van der Waals surface area (Å²) >= 11 is 1.53. The number of rotatable bonds is 6. The Morgan fingerprint density at radius 2 is 2.08 bits per heavy atom. The van der Waals surface area contributed by atoms with E-state index in [1.807, 2.05) is 51.3 Å². The van der Waals surface area contributed by atoms with Crippen LogP contribution in [0.15, 0.2) is 35.8 Å². The van der Waals surface area contributed by atoms with Gasteiger partial charge in [-0.3, -0.25) is 0 Å². The molecule has 24 heavy (non-hydrogen) atoms. The van der Waals surface area contributed by atoms with E-state index in [9.17, 15) is 4.79 Å². The number of carbonyl (C=O) groups is 1. The minimum atomic E-state index is -0.200. The molecule has 1 aromatic carbocycles. The van der Waals surface area contributed by atoms with Gasteiger partial charge in [0.1, 0.15) is 5.01 Å². The third-order valence-corrected chi connectivity index (χ3v) is 4.24. The van der Waals surface area contributed by atoms with Crippen LogP contribution in [0.2, 0.25) is 0 Å². The highest BCUT2D eigenvalue weighted by molar-refractivity contribution is 7.09. The van der Waals surface area contributed by atoms with Crippen LogP contribution in [0.1, 0.15) is 49.9 Å². The Hall–Kier alpha value is -1.92. The van der Waals surface area contributed by atoms with E-state index >= 15 is 0 Å². The molecule has 0 aliphatic rings. The van der Waals surface area contributed by atoms with Gasteiger partial charge in [0.15, 0.2) is 0 Å². The molecule has 0 aliphatic heterocycles. The average Bonchev–Trinajstić information content (AvgIpc) is 3.05. The van der Waals surface area contributed by atoms with Gasteiger partial charge in [0.2, 0.25) is 0 Å². The zero-order chi connectivity index (χ0) is 17.6. The molecule has 0 radical (unpaired) electrons. The van der Waals surface area contributed by atoms with Crippen molar-refractivity contribution in [3.05, 3.63) is 52.0 Å². The number of nitrogens with one attached hydrogen (secondary N) is 2. The number of hydrogen-bond donors (Lipinski definition) is 2. The first-order chi connectivity index (χ1) is 11.3. The molecule has 6 heteroatoms. The zero-order valence-electron chi connectivity index (χ0n) is 14.6. The van der Waals surface area contributed by atoms with Crippen LogP contribution in [0, 0.1) is 0 Å². The number of ether oxygens (including phenoxy) is 1. The highest BCUT2D eigenvalue weighted by Gasteiger charge is 2.12. The first kappa shape index (κ1) is 18.4. The average molecular weight is 347 g/mol. The van der Waals surface area contributed by atoms with Crippen molar-refractivity contribution in [3.8, 4) is 0 Å². The second-order valence-corrected chi connectivity index (χ2v) is 7.57. The fraction of sp³-hybridized carbons (Fsp3) is 0.444. The Morgan fingerprint density at radius 3 is 2.75 bits per heavy atom. The number of aromatic nitrogens is 1. The minimum Gasteiger partial charge on any atom is -0.371 e. The number of nitrogens with zero attached hydrogens (tertiary/aromatic N) is 1. The van der Waals surface area contributed by atoms with Crippen molar-refractivity contribution >= 4 is 17.4 Å². The van der Waals surface area contributed by atoms with E-state index in [0.717, 1.165) is 16.1 Å². The molecule has 2 rings (SSSR count). The minimum absolute atomic E-state index is 0.100. The summed E-state index contributed by atoms with van der Waals surface area (Å²) in [5, 5.41) is 8.56. The van der Waals surface area contributed by atoms with E-state index < -0.39 is 0 Å². The molecule has 0 spiro atoms. The van der Waals surface area contributed by atoms with Gasteiger partial charge in [0.25, 0.3) is 0 Å². The van der Waals surface area contributed by atoms with Gasteiger partial charge in [-0.15, -0.1) is 11.3 Å². The normalized spacial score (nSPS) is 12.7. The maximum atomic E-state index is 12.0. The molecule has 0 bridgehead atoms. The van der Waals surface area contributed by atoms with Gasteiger partial charge < -0.3 is 15.4 Å². The molecule has 2 N–H and O–H groups in total. The lowest BCUT2D eigenvalue weighted by Gasteiger charge is -2.19. The Morgan fingerprint density at radius 1 is 1.33 bits per heavy atom. The standard InChI is InChI=1S/C18H25N3O2S/c1-13(16-19-8-9-24-16)21-17(22)20-11-14-6-5-7-15(10-14)12-23-18(2,3)4/h5-10,13H,11-12H2,1-4H3,(H2,20,21,22)/t13-/m1/s1. The SMILES string of the molecule is C[C@@H](NC(=O)NCc1cccc(COC(C)(C)C)c1)c1nccs1. The molecule has 0 fully saturated rings. The molecule has 0 aliphatic carbocycles. The van der Waals surface area contributed by atoms with Crippen molar-refractivity contribution in [1.82, 2.24) is 15.6 Å². The summed E-state index contributed by atoms with van der Waals surface area (Å²) in [5.74, 6) is 0. The summed E-state index contributed by atoms with van der Waals surface area (Å²) in [6.45, 7) is 9.05. The molecule has 0 saturated heterocycles. The van der Waals surface area contributed by atoms with Gasteiger partial charge >= 0.3 is 6.03 Å². The highest BCUT2D eigenvalue weighted by atomic mass is 32.1. The molecule has 2 aromatic rings. The topological polar surface area (TPSA) is 63.2 Å². The quantitative estimate of drug-likeness (QED) is 0.829. The highest BCUT2D eigenvalue weighted by Crippen LogP contribution is 2.15. The Balaban J connectivity index is 1.82. The van der Waals surface area contributed by atoms with E-state index in [4.69, 9.17) is 4.74 Å². The number of thiazole rings is 1. The summed E-state index contributed by atoms with van der Waals surface area (Å²) in [6, 6.07) is 7.75. The van der Waals surface area contributed by atoms with Crippen molar-refractivity contribution in [2.24, 2.45) is 0 Å². The van der Waals surface area contributed by atoms with Gasteiger partial charge in [-0.1, -0.05) is 24.3 Å². The molecule has 0 unspecified atom stereocenters. The molecule has 1 aromatic heterocycles. The Kier molecular flexibility index (Phi) is 6.34. The number of carbonyl (C=O) groups excluding carboxylic acids is 1. The fourth-order valence-electron chi connectivity index (χ4n) is 2.07. The molecule has 1 heterocycles. The number of amides is 2. The predicted molar refractivity (Wildman–Crippen MR) is 96.9 cm³/mol. The zero-order valence-corrected chi connectivity index (χ0v) is 15.4. The van der Waals surface area contributed by atoms with Crippen LogP contribution in [-0.4, -0.2) is 16.6 Å². The predicted octanol–water partition coefficient (Wildman–Crippen LogP) is 4.02. The van der Waals surface area contributed by atoms with Crippen LogP contribution < -0.4 is 10.6 Å². The fourth-order valence-corrected chi connectivity index (χ4v) is 2.72. The first-order valence-electron chi connectivity index (χ1n) is 7.99.